The van der Waals surface area contributed by atoms with E-state index in [-0.39, 0.29) is 11.7 Å². The Kier molecular flexibility index (Phi) is 5.48. The number of amides is 1. The SMILES string of the molecule is Cc1ccccc1NC(=O)c1ccc(Nc2ccnc(-c3cccc(F)c3)n2)cc1. The lowest BCUT2D eigenvalue weighted by molar-refractivity contribution is 0.102. The normalized spacial score (nSPS) is 10.5. The van der Waals surface area contributed by atoms with E-state index >= 15 is 0 Å². The second-order valence-electron chi connectivity index (χ2n) is 6.75. The van der Waals surface area contributed by atoms with Gasteiger partial charge in [0.15, 0.2) is 5.82 Å². The van der Waals surface area contributed by atoms with Gasteiger partial charge in [0, 0.05) is 28.7 Å². The van der Waals surface area contributed by atoms with Crippen molar-refractivity contribution in [2.45, 2.75) is 6.92 Å². The Balaban J connectivity index is 1.47. The molecule has 0 spiro atoms. The third-order valence-corrected chi connectivity index (χ3v) is 4.55. The monoisotopic (exact) mass is 398 g/mol. The van der Waals surface area contributed by atoms with Crippen LogP contribution < -0.4 is 10.6 Å². The molecule has 3 aromatic carbocycles. The number of anilines is 3. The zero-order chi connectivity index (χ0) is 20.9. The number of carbonyl (C=O) groups excluding carboxylic acids is 1. The number of nitrogens with zero attached hydrogens (tertiary/aromatic N) is 2. The van der Waals surface area contributed by atoms with Crippen molar-refractivity contribution in [2.24, 2.45) is 0 Å². The summed E-state index contributed by atoms with van der Waals surface area (Å²) in [6.45, 7) is 1.95. The molecule has 6 heteroatoms. The van der Waals surface area contributed by atoms with Crippen molar-refractivity contribution in [1.82, 2.24) is 9.97 Å². The molecule has 1 aromatic heterocycles. The summed E-state index contributed by atoms with van der Waals surface area (Å²) < 4.78 is 13.5. The number of para-hydroxylation sites is 1. The van der Waals surface area contributed by atoms with E-state index in [4.69, 9.17) is 0 Å². The van der Waals surface area contributed by atoms with Gasteiger partial charge in [-0.05, 0) is 61.0 Å². The second kappa shape index (κ2) is 8.53. The lowest BCUT2D eigenvalue weighted by Gasteiger charge is -2.10. The van der Waals surface area contributed by atoms with Crippen molar-refractivity contribution in [1.29, 1.82) is 0 Å². The number of nitrogens with one attached hydrogen (secondary N) is 2. The van der Waals surface area contributed by atoms with E-state index in [1.54, 1.807) is 48.7 Å². The molecule has 0 atom stereocenters. The molecule has 148 valence electrons. The van der Waals surface area contributed by atoms with Gasteiger partial charge in [-0.2, -0.15) is 0 Å². The topological polar surface area (TPSA) is 66.9 Å². The molecule has 2 N–H and O–H groups in total. The molecule has 0 aliphatic carbocycles. The van der Waals surface area contributed by atoms with Gasteiger partial charge in [-0.25, -0.2) is 14.4 Å². The number of hydrogen-bond acceptors (Lipinski definition) is 4. The average Bonchev–Trinajstić information content (AvgIpc) is 2.76. The van der Waals surface area contributed by atoms with Gasteiger partial charge in [0.2, 0.25) is 0 Å². The molecule has 0 radical (unpaired) electrons. The van der Waals surface area contributed by atoms with E-state index in [0.29, 0.717) is 22.8 Å². The van der Waals surface area contributed by atoms with Crippen molar-refractivity contribution in [3.05, 3.63) is 102 Å². The standard InChI is InChI=1S/C24H19FN4O/c1-16-5-2-3-8-21(16)28-24(30)17-9-11-20(12-10-17)27-22-13-14-26-23(29-22)18-6-4-7-19(25)15-18/h2-15H,1H3,(H,28,30)(H,26,27,29). The van der Waals surface area contributed by atoms with Crippen LogP contribution in [-0.2, 0) is 0 Å². The molecule has 1 amide bonds. The Labute approximate surface area is 173 Å². The summed E-state index contributed by atoms with van der Waals surface area (Å²) in [5.41, 5.74) is 3.71. The molecule has 0 aliphatic rings. The van der Waals surface area contributed by atoms with Crippen LogP contribution in [0.4, 0.5) is 21.6 Å². The minimum Gasteiger partial charge on any atom is -0.340 e. The Morgan fingerprint density at radius 3 is 2.50 bits per heavy atom. The molecular formula is C24H19FN4O. The van der Waals surface area contributed by atoms with Gasteiger partial charge in [-0.15, -0.1) is 0 Å². The quantitative estimate of drug-likeness (QED) is 0.460. The number of rotatable bonds is 5. The first kappa shape index (κ1) is 19.3. The first-order valence-corrected chi connectivity index (χ1v) is 9.41. The van der Waals surface area contributed by atoms with E-state index in [1.165, 1.54) is 12.1 Å². The van der Waals surface area contributed by atoms with Gasteiger partial charge in [-0.3, -0.25) is 4.79 Å². The molecule has 4 rings (SSSR count). The molecule has 0 saturated carbocycles. The van der Waals surface area contributed by atoms with Crippen LogP contribution in [-0.4, -0.2) is 15.9 Å². The third-order valence-electron chi connectivity index (χ3n) is 4.55. The van der Waals surface area contributed by atoms with Gasteiger partial charge >= 0.3 is 0 Å². The summed E-state index contributed by atoms with van der Waals surface area (Å²) in [4.78, 5) is 21.1. The van der Waals surface area contributed by atoms with E-state index in [9.17, 15) is 9.18 Å². The number of aromatic nitrogens is 2. The number of aryl methyl sites for hydroxylation is 1. The van der Waals surface area contributed by atoms with Crippen LogP contribution in [0.3, 0.4) is 0 Å². The third kappa shape index (κ3) is 4.50. The summed E-state index contributed by atoms with van der Waals surface area (Å²) in [5.74, 6) is 0.482. The minimum atomic E-state index is -0.339. The van der Waals surface area contributed by atoms with Crippen LogP contribution in [0.15, 0.2) is 85.1 Å². The fourth-order valence-corrected chi connectivity index (χ4v) is 2.96. The predicted octanol–water partition coefficient (Wildman–Crippen LogP) is 5.59. The van der Waals surface area contributed by atoms with Gasteiger partial charge in [-0.1, -0.05) is 30.3 Å². The predicted molar refractivity (Wildman–Crippen MR) is 116 cm³/mol. The Morgan fingerprint density at radius 1 is 0.933 bits per heavy atom. The molecule has 4 aromatic rings. The molecule has 1 heterocycles. The summed E-state index contributed by atoms with van der Waals surface area (Å²) in [6.07, 6.45) is 1.61. The minimum absolute atomic E-state index is 0.175. The van der Waals surface area contributed by atoms with Crippen LogP contribution in [0, 0.1) is 12.7 Å². The summed E-state index contributed by atoms with van der Waals surface area (Å²) in [5, 5.41) is 6.09. The van der Waals surface area contributed by atoms with E-state index in [0.717, 1.165) is 16.9 Å². The second-order valence-corrected chi connectivity index (χ2v) is 6.75. The number of halogens is 1. The first-order valence-electron chi connectivity index (χ1n) is 9.41. The average molecular weight is 398 g/mol. The maximum absolute atomic E-state index is 13.5. The molecular weight excluding hydrogens is 379 g/mol. The van der Waals surface area contributed by atoms with Gasteiger partial charge in [0.1, 0.15) is 11.6 Å². The van der Waals surface area contributed by atoms with Gasteiger partial charge in [0.25, 0.3) is 5.91 Å². The number of benzene rings is 3. The van der Waals surface area contributed by atoms with Crippen molar-refractivity contribution in [3.8, 4) is 11.4 Å². The molecule has 0 unspecified atom stereocenters. The fraction of sp³-hybridized carbons (Fsp3) is 0.0417. The lowest BCUT2D eigenvalue weighted by atomic mass is 10.1. The highest BCUT2D eigenvalue weighted by atomic mass is 19.1. The zero-order valence-corrected chi connectivity index (χ0v) is 16.3. The van der Waals surface area contributed by atoms with Crippen molar-refractivity contribution in [2.75, 3.05) is 10.6 Å². The highest BCUT2D eigenvalue weighted by Gasteiger charge is 2.08. The molecule has 0 bridgehead atoms. The Bertz CT molecular complexity index is 1190. The largest absolute Gasteiger partial charge is 0.340 e. The van der Waals surface area contributed by atoms with Crippen LogP contribution >= 0.6 is 0 Å². The van der Waals surface area contributed by atoms with Crippen LogP contribution in [0.1, 0.15) is 15.9 Å². The molecule has 30 heavy (non-hydrogen) atoms. The summed E-state index contributed by atoms with van der Waals surface area (Å²) in [7, 11) is 0. The van der Waals surface area contributed by atoms with E-state index < -0.39 is 0 Å². The molecule has 0 fully saturated rings. The van der Waals surface area contributed by atoms with Gasteiger partial charge in [0.05, 0.1) is 0 Å². The van der Waals surface area contributed by atoms with Crippen molar-refractivity contribution < 1.29 is 9.18 Å². The first-order chi connectivity index (χ1) is 14.6. The zero-order valence-electron chi connectivity index (χ0n) is 16.3. The molecule has 5 nitrogen and oxygen atoms in total. The highest BCUT2D eigenvalue weighted by molar-refractivity contribution is 6.04. The molecule has 0 saturated heterocycles. The fourth-order valence-electron chi connectivity index (χ4n) is 2.96. The number of hydrogen-bond donors (Lipinski definition) is 2. The van der Waals surface area contributed by atoms with E-state index in [1.807, 2.05) is 31.2 Å². The van der Waals surface area contributed by atoms with Gasteiger partial charge < -0.3 is 10.6 Å². The van der Waals surface area contributed by atoms with Crippen LogP contribution in [0.2, 0.25) is 0 Å². The summed E-state index contributed by atoms with van der Waals surface area (Å²) in [6, 6.07) is 22.6. The van der Waals surface area contributed by atoms with Crippen LogP contribution in [0.5, 0.6) is 0 Å². The smallest absolute Gasteiger partial charge is 0.255 e. The van der Waals surface area contributed by atoms with Crippen molar-refractivity contribution in [3.63, 3.8) is 0 Å². The number of carbonyl (C=O) groups is 1. The summed E-state index contributed by atoms with van der Waals surface area (Å²) >= 11 is 0. The maximum atomic E-state index is 13.5. The Hall–Kier alpha value is -4.06. The Morgan fingerprint density at radius 2 is 1.73 bits per heavy atom. The maximum Gasteiger partial charge on any atom is 0.255 e. The highest BCUT2D eigenvalue weighted by Crippen LogP contribution is 2.21. The van der Waals surface area contributed by atoms with Crippen molar-refractivity contribution >= 4 is 23.1 Å². The lowest BCUT2D eigenvalue weighted by Crippen LogP contribution is -2.12. The molecule has 0 aliphatic heterocycles. The van der Waals surface area contributed by atoms with E-state index in [2.05, 4.69) is 20.6 Å². The van der Waals surface area contributed by atoms with Crippen LogP contribution in [0.25, 0.3) is 11.4 Å².